The van der Waals surface area contributed by atoms with E-state index in [1.54, 1.807) is 0 Å². The molecule has 0 saturated carbocycles. The largest absolute Gasteiger partial charge is 0.297 e. The van der Waals surface area contributed by atoms with Crippen LogP contribution < -0.4 is 0 Å². The van der Waals surface area contributed by atoms with Gasteiger partial charge in [-0.25, -0.2) is 0 Å². The summed E-state index contributed by atoms with van der Waals surface area (Å²) in [5.74, 6) is 0. The fourth-order valence-electron chi connectivity index (χ4n) is 3.34. The molecular weight excluding hydrogens is 232 g/mol. The molecule has 2 saturated heterocycles. The average Bonchev–Trinajstić information content (AvgIpc) is 2.80. The Morgan fingerprint density at radius 2 is 1.11 bits per heavy atom. The third kappa shape index (κ3) is 4.46. The van der Waals surface area contributed by atoms with Gasteiger partial charge in [-0.15, -0.1) is 0 Å². The molecule has 112 valence electrons. The van der Waals surface area contributed by atoms with Gasteiger partial charge in [0.05, 0.1) is 0 Å². The Morgan fingerprint density at radius 1 is 0.737 bits per heavy atom. The molecule has 2 fully saturated rings. The van der Waals surface area contributed by atoms with Crippen LogP contribution >= 0.6 is 0 Å². The summed E-state index contributed by atoms with van der Waals surface area (Å²) in [6.07, 6.45) is 4.09. The SMILES string of the molecule is CC(C)(C)CCN1C[C@H]2C[C@@H]1CN2CCC(C)(C)C. The van der Waals surface area contributed by atoms with Crippen molar-refractivity contribution < 1.29 is 0 Å². The normalized spacial score (nSPS) is 29.4. The minimum Gasteiger partial charge on any atom is -0.297 e. The standard InChI is InChI=1S/C17H34N2/c1-16(2,3)7-9-18-12-15-11-14(18)13-19(15)10-8-17(4,5)6/h14-15H,7-13H2,1-6H3/t14-,15-/m1/s1. The van der Waals surface area contributed by atoms with Crippen LogP contribution in [-0.4, -0.2) is 48.1 Å². The molecule has 0 spiro atoms. The van der Waals surface area contributed by atoms with Crippen molar-refractivity contribution >= 4 is 0 Å². The second-order valence-corrected chi connectivity index (χ2v) is 9.15. The van der Waals surface area contributed by atoms with E-state index >= 15 is 0 Å². The van der Waals surface area contributed by atoms with E-state index < -0.39 is 0 Å². The number of nitrogens with zero attached hydrogens (tertiary/aromatic N) is 2. The van der Waals surface area contributed by atoms with Gasteiger partial charge in [-0.05, 0) is 43.2 Å². The van der Waals surface area contributed by atoms with Crippen molar-refractivity contribution in [2.24, 2.45) is 10.8 Å². The van der Waals surface area contributed by atoms with Gasteiger partial charge in [0.25, 0.3) is 0 Å². The maximum Gasteiger partial charge on any atom is 0.0239 e. The van der Waals surface area contributed by atoms with Gasteiger partial charge in [0.2, 0.25) is 0 Å². The number of fused-ring (bicyclic) bond motifs is 2. The summed E-state index contributed by atoms with van der Waals surface area (Å²) in [4.78, 5) is 5.51. The van der Waals surface area contributed by atoms with E-state index in [1.165, 1.54) is 45.4 Å². The summed E-state index contributed by atoms with van der Waals surface area (Å²) in [6.45, 7) is 19.4. The van der Waals surface area contributed by atoms with Gasteiger partial charge in [-0.3, -0.25) is 9.80 Å². The van der Waals surface area contributed by atoms with Gasteiger partial charge in [0, 0.05) is 25.2 Å². The molecule has 0 aromatic rings. The number of hydrogen-bond donors (Lipinski definition) is 0. The maximum absolute atomic E-state index is 2.75. The molecule has 0 amide bonds. The third-order valence-electron chi connectivity index (χ3n) is 4.77. The van der Waals surface area contributed by atoms with E-state index in [0.29, 0.717) is 10.8 Å². The van der Waals surface area contributed by atoms with Crippen molar-refractivity contribution in [3.63, 3.8) is 0 Å². The van der Waals surface area contributed by atoms with Crippen molar-refractivity contribution in [2.75, 3.05) is 26.2 Å². The molecule has 0 N–H and O–H groups in total. The molecule has 2 nitrogen and oxygen atoms in total. The Bertz CT molecular complexity index is 267. The summed E-state index contributed by atoms with van der Waals surface area (Å²) in [7, 11) is 0. The summed E-state index contributed by atoms with van der Waals surface area (Å²) < 4.78 is 0. The minimum absolute atomic E-state index is 0.480. The van der Waals surface area contributed by atoms with E-state index in [1.807, 2.05) is 0 Å². The Morgan fingerprint density at radius 3 is 1.37 bits per heavy atom. The van der Waals surface area contributed by atoms with Gasteiger partial charge in [-0.2, -0.15) is 0 Å². The highest BCUT2D eigenvalue weighted by Gasteiger charge is 2.42. The number of likely N-dealkylation sites (tertiary alicyclic amines) is 2. The highest BCUT2D eigenvalue weighted by atomic mass is 15.3. The summed E-state index contributed by atoms with van der Waals surface area (Å²) >= 11 is 0. The molecule has 0 aromatic heterocycles. The van der Waals surface area contributed by atoms with Crippen LogP contribution in [0.15, 0.2) is 0 Å². The van der Waals surface area contributed by atoms with Crippen LogP contribution in [0.25, 0.3) is 0 Å². The van der Waals surface area contributed by atoms with E-state index in [4.69, 9.17) is 0 Å². The lowest BCUT2D eigenvalue weighted by Gasteiger charge is -2.36. The molecule has 2 rings (SSSR count). The van der Waals surface area contributed by atoms with Gasteiger partial charge < -0.3 is 0 Å². The number of piperazine rings is 1. The Kier molecular flexibility index (Phi) is 4.32. The Labute approximate surface area is 120 Å². The van der Waals surface area contributed by atoms with Crippen molar-refractivity contribution in [2.45, 2.75) is 72.9 Å². The first-order chi connectivity index (χ1) is 8.64. The lowest BCUT2D eigenvalue weighted by molar-refractivity contribution is 0.108. The number of hydrogen-bond acceptors (Lipinski definition) is 2. The van der Waals surface area contributed by atoms with Gasteiger partial charge in [-0.1, -0.05) is 41.5 Å². The van der Waals surface area contributed by atoms with Crippen LogP contribution in [0.3, 0.4) is 0 Å². The second-order valence-electron chi connectivity index (χ2n) is 9.15. The van der Waals surface area contributed by atoms with Gasteiger partial charge >= 0.3 is 0 Å². The first-order valence-corrected chi connectivity index (χ1v) is 8.12. The molecule has 2 aliphatic heterocycles. The summed E-state index contributed by atoms with van der Waals surface area (Å²) in [6, 6.07) is 1.71. The smallest absolute Gasteiger partial charge is 0.0239 e. The molecule has 2 heterocycles. The Hall–Kier alpha value is -0.0800. The second kappa shape index (κ2) is 5.37. The third-order valence-corrected chi connectivity index (χ3v) is 4.77. The molecule has 0 radical (unpaired) electrons. The summed E-state index contributed by atoms with van der Waals surface area (Å²) in [5, 5.41) is 0. The molecular formula is C17H34N2. The average molecular weight is 266 g/mol. The van der Waals surface area contributed by atoms with E-state index in [0.717, 1.165) is 12.1 Å². The zero-order chi connectivity index (χ0) is 14.3. The number of rotatable bonds is 4. The summed E-state index contributed by atoms with van der Waals surface area (Å²) in [5.41, 5.74) is 0.960. The molecule has 19 heavy (non-hydrogen) atoms. The predicted molar refractivity (Wildman–Crippen MR) is 83.5 cm³/mol. The molecule has 2 bridgehead atoms. The van der Waals surface area contributed by atoms with Gasteiger partial charge in [0.1, 0.15) is 0 Å². The van der Waals surface area contributed by atoms with E-state index in [2.05, 4.69) is 51.3 Å². The van der Waals surface area contributed by atoms with Crippen LogP contribution in [0.4, 0.5) is 0 Å². The van der Waals surface area contributed by atoms with Crippen molar-refractivity contribution in [1.82, 2.24) is 9.80 Å². The molecule has 2 heteroatoms. The zero-order valence-corrected chi connectivity index (χ0v) is 14.0. The first-order valence-electron chi connectivity index (χ1n) is 8.12. The van der Waals surface area contributed by atoms with Crippen LogP contribution in [0.1, 0.15) is 60.8 Å². The molecule has 0 aliphatic carbocycles. The lowest BCUT2D eigenvalue weighted by Crippen LogP contribution is -2.47. The van der Waals surface area contributed by atoms with E-state index in [9.17, 15) is 0 Å². The van der Waals surface area contributed by atoms with Crippen molar-refractivity contribution in [1.29, 1.82) is 0 Å². The van der Waals surface area contributed by atoms with Crippen molar-refractivity contribution in [3.8, 4) is 0 Å². The Balaban J connectivity index is 1.75. The molecule has 0 aromatic carbocycles. The molecule has 2 aliphatic rings. The fourth-order valence-corrected chi connectivity index (χ4v) is 3.34. The molecule has 0 unspecified atom stereocenters. The topological polar surface area (TPSA) is 6.48 Å². The zero-order valence-electron chi connectivity index (χ0n) is 14.0. The quantitative estimate of drug-likeness (QED) is 0.767. The van der Waals surface area contributed by atoms with Crippen LogP contribution in [0, 0.1) is 10.8 Å². The van der Waals surface area contributed by atoms with Crippen LogP contribution in [0.5, 0.6) is 0 Å². The highest BCUT2D eigenvalue weighted by molar-refractivity contribution is 4.99. The van der Waals surface area contributed by atoms with E-state index in [-0.39, 0.29) is 0 Å². The fraction of sp³-hybridized carbons (Fsp3) is 1.00. The van der Waals surface area contributed by atoms with Crippen molar-refractivity contribution in [3.05, 3.63) is 0 Å². The lowest BCUT2D eigenvalue weighted by atomic mass is 9.91. The maximum atomic E-state index is 2.75. The minimum atomic E-state index is 0.480. The molecule has 2 atom stereocenters. The van der Waals surface area contributed by atoms with Crippen LogP contribution in [0.2, 0.25) is 0 Å². The van der Waals surface area contributed by atoms with Crippen LogP contribution in [-0.2, 0) is 0 Å². The predicted octanol–water partition coefficient (Wildman–Crippen LogP) is 3.62. The first kappa shape index (κ1) is 15.3. The van der Waals surface area contributed by atoms with Gasteiger partial charge in [0.15, 0.2) is 0 Å². The monoisotopic (exact) mass is 266 g/mol. The highest BCUT2D eigenvalue weighted by Crippen LogP contribution is 2.33.